The maximum absolute atomic E-state index is 16.5. The number of para-hydroxylation sites is 1. The van der Waals surface area contributed by atoms with E-state index >= 15 is 4.39 Å². The van der Waals surface area contributed by atoms with Gasteiger partial charge in [0.05, 0.1) is 26.7 Å². The van der Waals surface area contributed by atoms with E-state index in [-0.39, 0.29) is 50.0 Å². The predicted molar refractivity (Wildman–Crippen MR) is 164 cm³/mol. The van der Waals surface area contributed by atoms with E-state index in [1.165, 1.54) is 22.4 Å². The molecular formula is C31H29F3N8O2S. The molecule has 7 rings (SSSR count). The largest absolute Gasteiger partial charge is 0.461 e. The molecule has 10 nitrogen and oxygen atoms in total. The van der Waals surface area contributed by atoms with Crippen LogP contribution in [-0.2, 0) is 4.79 Å². The van der Waals surface area contributed by atoms with Crippen molar-refractivity contribution in [3.63, 3.8) is 0 Å². The fraction of sp³-hybridized carbons (Fsp3) is 0.419. The van der Waals surface area contributed by atoms with Crippen LogP contribution < -0.4 is 9.64 Å². The molecule has 0 N–H and O–H groups in total. The van der Waals surface area contributed by atoms with E-state index < -0.39 is 35.3 Å². The van der Waals surface area contributed by atoms with Crippen molar-refractivity contribution >= 4 is 44.2 Å². The number of benzene rings is 1. The molecule has 3 fully saturated rings. The van der Waals surface area contributed by atoms with Crippen LogP contribution >= 0.6 is 11.3 Å². The second-order valence-corrected chi connectivity index (χ2v) is 12.6. The Morgan fingerprint density at radius 3 is 2.89 bits per heavy atom. The van der Waals surface area contributed by atoms with Gasteiger partial charge in [-0.2, -0.15) is 9.97 Å². The second-order valence-electron chi connectivity index (χ2n) is 11.7. The van der Waals surface area contributed by atoms with Crippen molar-refractivity contribution in [3.05, 3.63) is 59.5 Å². The minimum Gasteiger partial charge on any atom is -0.461 e. The zero-order valence-corrected chi connectivity index (χ0v) is 25.1. The van der Waals surface area contributed by atoms with Gasteiger partial charge in [0, 0.05) is 44.4 Å². The van der Waals surface area contributed by atoms with Crippen molar-refractivity contribution in [2.24, 2.45) is 0 Å². The number of carbonyl (C=O) groups is 1. The number of alkyl halides is 1. The maximum atomic E-state index is 16.5. The van der Waals surface area contributed by atoms with Crippen LogP contribution in [0.3, 0.4) is 0 Å². The first-order valence-corrected chi connectivity index (χ1v) is 15.6. The van der Waals surface area contributed by atoms with Gasteiger partial charge < -0.3 is 19.4 Å². The molecule has 0 saturated carbocycles. The van der Waals surface area contributed by atoms with Crippen LogP contribution in [-0.4, -0.2) is 99.3 Å². The average molecular weight is 635 g/mol. The summed E-state index contributed by atoms with van der Waals surface area (Å²) in [6.07, 6.45) is 2.62. The van der Waals surface area contributed by atoms with E-state index in [1.807, 2.05) is 17.0 Å². The second kappa shape index (κ2) is 11.5. The van der Waals surface area contributed by atoms with E-state index in [9.17, 15) is 13.6 Å². The fourth-order valence-corrected chi connectivity index (χ4v) is 7.68. The highest BCUT2D eigenvalue weighted by Gasteiger charge is 2.49. The lowest BCUT2D eigenvalue weighted by molar-refractivity contribution is -0.131. The number of hydrogen-bond acceptors (Lipinski definition) is 9. The van der Waals surface area contributed by atoms with Crippen molar-refractivity contribution in [1.29, 1.82) is 0 Å². The molecule has 232 valence electrons. The molecule has 0 spiro atoms. The monoisotopic (exact) mass is 634 g/mol. The molecule has 3 atom stereocenters. The average Bonchev–Trinajstić information content (AvgIpc) is 3.74. The molecule has 0 radical (unpaired) electrons. The minimum atomic E-state index is -1.10. The van der Waals surface area contributed by atoms with E-state index in [4.69, 9.17) is 16.3 Å². The van der Waals surface area contributed by atoms with Gasteiger partial charge in [0.1, 0.15) is 35.8 Å². The molecule has 3 saturated heterocycles. The van der Waals surface area contributed by atoms with Crippen LogP contribution in [0.5, 0.6) is 6.01 Å². The SMILES string of the molecule is [C-]#[N+]C[C@H]1CN(c2nc(OCC34CCCN3C[C@H](F)C4)nc3c(F)c(-c4cccc5scnc45)ncc23)CCN1C(=O)C(=C)F. The molecule has 0 bridgehead atoms. The summed E-state index contributed by atoms with van der Waals surface area (Å²) >= 11 is 1.44. The summed E-state index contributed by atoms with van der Waals surface area (Å²) in [5.41, 5.74) is 2.43. The summed E-state index contributed by atoms with van der Waals surface area (Å²) in [7, 11) is 0. The fourth-order valence-electron chi connectivity index (χ4n) is 6.97. The molecule has 1 unspecified atom stereocenters. The Balaban J connectivity index is 1.30. The molecule has 1 amide bonds. The Labute approximate surface area is 261 Å². The molecule has 1 aromatic carbocycles. The summed E-state index contributed by atoms with van der Waals surface area (Å²) < 4.78 is 51.8. The molecular weight excluding hydrogens is 605 g/mol. The normalized spacial score (nSPS) is 23.4. The Morgan fingerprint density at radius 1 is 1.20 bits per heavy atom. The predicted octanol–water partition coefficient (Wildman–Crippen LogP) is 4.82. The first-order valence-electron chi connectivity index (χ1n) is 14.7. The molecule has 6 heterocycles. The number of fused-ring (bicyclic) bond motifs is 3. The summed E-state index contributed by atoms with van der Waals surface area (Å²) in [4.78, 5) is 39.3. The number of aromatic nitrogens is 4. The van der Waals surface area contributed by atoms with Gasteiger partial charge in [0.2, 0.25) is 6.54 Å². The van der Waals surface area contributed by atoms with Gasteiger partial charge in [0.15, 0.2) is 11.6 Å². The number of carbonyl (C=O) groups excluding carboxylic acids is 1. The molecule has 14 heteroatoms. The summed E-state index contributed by atoms with van der Waals surface area (Å²) in [5, 5.41) is 0.315. The van der Waals surface area contributed by atoms with Gasteiger partial charge in [0.25, 0.3) is 5.91 Å². The number of rotatable bonds is 7. The van der Waals surface area contributed by atoms with Crippen LogP contribution in [0.4, 0.5) is 19.0 Å². The quantitative estimate of drug-likeness (QED) is 0.211. The van der Waals surface area contributed by atoms with Gasteiger partial charge in [-0.15, -0.1) is 11.3 Å². The molecule has 3 aliphatic heterocycles. The van der Waals surface area contributed by atoms with Gasteiger partial charge in [-0.1, -0.05) is 18.7 Å². The van der Waals surface area contributed by atoms with Crippen LogP contribution in [0, 0.1) is 12.4 Å². The first kappa shape index (κ1) is 29.4. The molecule has 4 aromatic rings. The Morgan fingerprint density at radius 2 is 2.07 bits per heavy atom. The zero-order chi connectivity index (χ0) is 31.3. The van der Waals surface area contributed by atoms with Crippen LogP contribution in [0.1, 0.15) is 19.3 Å². The van der Waals surface area contributed by atoms with Crippen molar-refractivity contribution in [2.45, 2.75) is 37.0 Å². The Hall–Kier alpha value is -4.35. The summed E-state index contributed by atoms with van der Waals surface area (Å²) in [5.74, 6) is -2.32. The summed E-state index contributed by atoms with van der Waals surface area (Å²) in [6, 6.07) is 4.75. The third kappa shape index (κ3) is 5.13. The Kier molecular flexibility index (Phi) is 7.53. The number of ether oxygens (including phenoxy) is 1. The first-order chi connectivity index (χ1) is 21.8. The molecule has 3 aromatic heterocycles. The van der Waals surface area contributed by atoms with Crippen LogP contribution in [0.25, 0.3) is 37.2 Å². The number of hydrogen-bond donors (Lipinski definition) is 0. The Bertz CT molecular complexity index is 1860. The highest BCUT2D eigenvalue weighted by Crippen LogP contribution is 2.41. The molecule has 0 aliphatic carbocycles. The number of nitrogens with zero attached hydrogens (tertiary/aromatic N) is 8. The molecule has 3 aliphatic rings. The van der Waals surface area contributed by atoms with Crippen molar-refractivity contribution in [1.82, 2.24) is 29.7 Å². The maximum Gasteiger partial charge on any atom is 0.319 e. The topological polar surface area (TPSA) is 91.9 Å². The highest BCUT2D eigenvalue weighted by molar-refractivity contribution is 7.16. The number of halogens is 3. The van der Waals surface area contributed by atoms with Gasteiger partial charge in [-0.25, -0.2) is 24.7 Å². The lowest BCUT2D eigenvalue weighted by Gasteiger charge is -2.39. The van der Waals surface area contributed by atoms with E-state index in [1.54, 1.807) is 11.6 Å². The van der Waals surface area contributed by atoms with Gasteiger partial charge in [-0.3, -0.25) is 14.7 Å². The van der Waals surface area contributed by atoms with Crippen molar-refractivity contribution in [2.75, 3.05) is 50.8 Å². The lowest BCUT2D eigenvalue weighted by Crippen LogP contribution is -2.56. The zero-order valence-electron chi connectivity index (χ0n) is 24.3. The number of pyridine rings is 1. The van der Waals surface area contributed by atoms with Crippen molar-refractivity contribution in [3.8, 4) is 17.3 Å². The summed E-state index contributed by atoms with van der Waals surface area (Å²) in [6.45, 7) is 12.2. The van der Waals surface area contributed by atoms with Gasteiger partial charge in [-0.05, 0) is 25.5 Å². The number of piperazine rings is 1. The standard InChI is InChI=1S/C31H29F3N8O2S/c1-18(32)29(43)42-10-9-40(15-20(42)12-35-2)28-22-13-36-26(21-5-3-6-23-25(21)37-17-45-23)24(34)27(22)38-30(39-28)44-16-31-7-4-8-41(31)14-19(33)11-31/h3,5-6,13,17,19-20H,1,4,7-12,14-16H2/t19-,20+,31?/m1/s1. The van der Waals surface area contributed by atoms with E-state index in [0.29, 0.717) is 35.2 Å². The highest BCUT2D eigenvalue weighted by atomic mass is 32.1. The molecule has 45 heavy (non-hydrogen) atoms. The van der Waals surface area contributed by atoms with Gasteiger partial charge >= 0.3 is 6.01 Å². The minimum absolute atomic E-state index is 0.0137. The number of anilines is 1. The third-order valence-electron chi connectivity index (χ3n) is 9.07. The third-order valence-corrected chi connectivity index (χ3v) is 9.86. The smallest absolute Gasteiger partial charge is 0.319 e. The number of thiazole rings is 1. The van der Waals surface area contributed by atoms with Crippen molar-refractivity contribution < 1.29 is 22.7 Å². The lowest BCUT2D eigenvalue weighted by atomic mass is 9.95. The van der Waals surface area contributed by atoms with E-state index in [0.717, 1.165) is 24.1 Å². The van der Waals surface area contributed by atoms with Crippen LogP contribution in [0.2, 0.25) is 0 Å². The van der Waals surface area contributed by atoms with Crippen LogP contribution in [0.15, 0.2) is 42.3 Å². The van der Waals surface area contributed by atoms with E-state index in [2.05, 4.69) is 31.3 Å². The number of amides is 1.